The molecule has 8 nitrogen and oxygen atoms in total. The van der Waals surface area contributed by atoms with E-state index < -0.39 is 15.0 Å². The SMILES string of the molecule is COC(=O)c1nnn(-c2cc(C(C)C)c(OCc3ccccc3)cc2OCc2ccccc2)c1-c1ccc(C(O[Si](C)C)C(C)(C)C)cc1. The number of benzene rings is 4. The molecule has 0 aliphatic carbocycles. The number of rotatable bonds is 13. The molecule has 1 aromatic heterocycles. The van der Waals surface area contributed by atoms with E-state index in [1.54, 1.807) is 4.68 Å². The van der Waals surface area contributed by atoms with Crippen LogP contribution in [-0.4, -0.2) is 37.1 Å². The van der Waals surface area contributed by atoms with Crippen LogP contribution in [0.4, 0.5) is 0 Å². The molecular formula is C40H46N3O5Si. The van der Waals surface area contributed by atoms with Gasteiger partial charge in [-0.3, -0.25) is 0 Å². The standard InChI is InChI=1S/C40H46N3O5Si/c1-27(2)32-23-33(35(47-26-29-17-13-10-14-18-29)24-34(32)46-25-28-15-11-9-12-16-28)43-37(36(41-42-43)39(44)45-6)30-19-21-31(22-20-30)38(40(3,4)5)48-49(7)8/h9-24,27,38H,25-26H2,1-8H3. The monoisotopic (exact) mass is 676 g/mol. The van der Waals surface area contributed by atoms with E-state index in [1.807, 2.05) is 84.9 Å². The zero-order valence-electron chi connectivity index (χ0n) is 29.7. The Hall–Kier alpha value is -4.73. The Labute approximate surface area is 291 Å². The molecule has 1 radical (unpaired) electrons. The number of nitrogens with zero attached hydrogens (tertiary/aromatic N) is 3. The van der Waals surface area contributed by atoms with Crippen molar-refractivity contribution >= 4 is 15.0 Å². The molecule has 4 aromatic carbocycles. The number of esters is 1. The van der Waals surface area contributed by atoms with Crippen LogP contribution in [0.2, 0.25) is 13.1 Å². The highest BCUT2D eigenvalue weighted by molar-refractivity contribution is 6.48. The second kappa shape index (κ2) is 15.7. The highest BCUT2D eigenvalue weighted by Crippen LogP contribution is 2.40. The van der Waals surface area contributed by atoms with Crippen LogP contribution in [0.15, 0.2) is 97.1 Å². The number of hydrogen-bond acceptors (Lipinski definition) is 7. The number of carbonyl (C=O) groups excluding carboxylic acids is 1. The summed E-state index contributed by atoms with van der Waals surface area (Å²) in [5.41, 5.74) is 6.00. The predicted octanol–water partition coefficient (Wildman–Crippen LogP) is 9.36. The molecule has 5 aromatic rings. The van der Waals surface area contributed by atoms with Crippen molar-refractivity contribution in [3.05, 3.63) is 125 Å². The van der Waals surface area contributed by atoms with E-state index in [1.165, 1.54) is 7.11 Å². The van der Waals surface area contributed by atoms with E-state index >= 15 is 0 Å². The molecule has 0 fully saturated rings. The predicted molar refractivity (Wildman–Crippen MR) is 195 cm³/mol. The molecule has 1 heterocycles. The first-order chi connectivity index (χ1) is 23.5. The Kier molecular flexibility index (Phi) is 11.4. The van der Waals surface area contributed by atoms with E-state index in [4.69, 9.17) is 18.6 Å². The molecule has 1 unspecified atom stereocenters. The van der Waals surface area contributed by atoms with Crippen molar-refractivity contribution in [1.29, 1.82) is 0 Å². The van der Waals surface area contributed by atoms with E-state index in [2.05, 4.69) is 70.2 Å². The van der Waals surface area contributed by atoms with Crippen molar-refractivity contribution in [2.45, 2.75) is 72.9 Å². The molecule has 1 atom stereocenters. The van der Waals surface area contributed by atoms with Crippen molar-refractivity contribution in [1.82, 2.24) is 15.0 Å². The first-order valence-corrected chi connectivity index (χ1v) is 19.0. The van der Waals surface area contributed by atoms with Gasteiger partial charge in [0.25, 0.3) is 0 Å². The smallest absolute Gasteiger partial charge is 0.360 e. The fraction of sp³-hybridized carbons (Fsp3) is 0.325. The van der Waals surface area contributed by atoms with Gasteiger partial charge in [0.2, 0.25) is 9.04 Å². The van der Waals surface area contributed by atoms with Crippen LogP contribution < -0.4 is 9.47 Å². The number of methoxy groups -OCH3 is 1. The summed E-state index contributed by atoms with van der Waals surface area (Å²) in [6.45, 7) is 15.8. The Morgan fingerprint density at radius 1 is 0.816 bits per heavy atom. The summed E-state index contributed by atoms with van der Waals surface area (Å²) in [5, 5.41) is 8.87. The van der Waals surface area contributed by atoms with E-state index in [0.29, 0.717) is 36.1 Å². The van der Waals surface area contributed by atoms with Crippen molar-refractivity contribution in [2.24, 2.45) is 5.41 Å². The minimum absolute atomic E-state index is 0.0800. The largest absolute Gasteiger partial charge is 0.488 e. The fourth-order valence-corrected chi connectivity index (χ4v) is 6.59. The van der Waals surface area contributed by atoms with Crippen LogP contribution >= 0.6 is 0 Å². The second-order valence-corrected chi connectivity index (χ2v) is 15.7. The summed E-state index contributed by atoms with van der Waals surface area (Å²) in [5.74, 6) is 0.782. The van der Waals surface area contributed by atoms with Crippen LogP contribution in [0, 0.1) is 5.41 Å². The molecule has 49 heavy (non-hydrogen) atoms. The molecule has 255 valence electrons. The van der Waals surface area contributed by atoms with Gasteiger partial charge in [-0.15, -0.1) is 5.10 Å². The lowest BCUT2D eigenvalue weighted by atomic mass is 9.84. The van der Waals surface area contributed by atoms with Gasteiger partial charge >= 0.3 is 5.97 Å². The first kappa shape index (κ1) is 35.6. The van der Waals surface area contributed by atoms with Crippen LogP contribution in [0.5, 0.6) is 11.5 Å². The third-order valence-corrected chi connectivity index (χ3v) is 8.80. The van der Waals surface area contributed by atoms with Gasteiger partial charge in [0.15, 0.2) is 5.69 Å². The minimum Gasteiger partial charge on any atom is -0.488 e. The maximum Gasteiger partial charge on any atom is 0.360 e. The summed E-state index contributed by atoms with van der Waals surface area (Å²) in [7, 11) is 0.393. The minimum atomic E-state index is -0.953. The Balaban J connectivity index is 1.64. The fourth-order valence-electron chi connectivity index (χ4n) is 5.63. The highest BCUT2D eigenvalue weighted by Gasteiger charge is 2.30. The van der Waals surface area contributed by atoms with Crippen molar-refractivity contribution in [3.63, 3.8) is 0 Å². The summed E-state index contributed by atoms with van der Waals surface area (Å²) >= 11 is 0. The first-order valence-electron chi connectivity index (χ1n) is 16.6. The zero-order chi connectivity index (χ0) is 35.1. The summed E-state index contributed by atoms with van der Waals surface area (Å²) in [4.78, 5) is 13.1. The number of aromatic nitrogens is 3. The molecule has 0 aliphatic heterocycles. The van der Waals surface area contributed by atoms with E-state index in [9.17, 15) is 4.79 Å². The number of ether oxygens (including phenoxy) is 3. The van der Waals surface area contributed by atoms with Gasteiger partial charge < -0.3 is 18.6 Å². The molecule has 5 rings (SSSR count). The van der Waals surface area contributed by atoms with Gasteiger partial charge in [0, 0.05) is 11.6 Å². The topological polar surface area (TPSA) is 84.7 Å². The van der Waals surface area contributed by atoms with Crippen molar-refractivity contribution < 1.29 is 23.4 Å². The van der Waals surface area contributed by atoms with Crippen LogP contribution in [-0.2, 0) is 22.4 Å². The third-order valence-electron chi connectivity index (χ3n) is 8.09. The van der Waals surface area contributed by atoms with Gasteiger partial charge in [-0.25, -0.2) is 9.48 Å². The molecule has 0 aliphatic rings. The average molecular weight is 677 g/mol. The molecule has 0 amide bonds. The maximum absolute atomic E-state index is 13.1. The van der Waals surface area contributed by atoms with E-state index in [0.717, 1.165) is 27.8 Å². The normalized spacial score (nSPS) is 12.3. The van der Waals surface area contributed by atoms with Gasteiger partial charge in [-0.2, -0.15) is 0 Å². The van der Waals surface area contributed by atoms with E-state index in [-0.39, 0.29) is 23.1 Å². The van der Waals surface area contributed by atoms with Gasteiger partial charge in [0.05, 0.1) is 13.2 Å². The molecule has 0 bridgehead atoms. The molecule has 9 heteroatoms. The van der Waals surface area contributed by atoms with Crippen molar-refractivity contribution in [3.8, 4) is 28.4 Å². The quantitative estimate of drug-likeness (QED) is 0.0908. The number of carbonyl (C=O) groups is 1. The molecule has 0 spiro atoms. The van der Waals surface area contributed by atoms with Gasteiger partial charge in [-0.1, -0.05) is 125 Å². The average Bonchev–Trinajstić information content (AvgIpc) is 3.53. The Bertz CT molecular complexity index is 1830. The molecule has 0 saturated carbocycles. The summed E-state index contributed by atoms with van der Waals surface area (Å²) < 4.78 is 26.2. The Morgan fingerprint density at radius 2 is 1.39 bits per heavy atom. The summed E-state index contributed by atoms with van der Waals surface area (Å²) in [6, 6.07) is 32.1. The van der Waals surface area contributed by atoms with Gasteiger partial charge in [0.1, 0.15) is 36.1 Å². The molecule has 0 saturated heterocycles. The number of hydrogen-bond donors (Lipinski definition) is 0. The highest BCUT2D eigenvalue weighted by atomic mass is 28.3. The molecule has 0 N–H and O–H groups in total. The van der Waals surface area contributed by atoms with Crippen LogP contribution in [0.1, 0.15) is 79.4 Å². The lowest BCUT2D eigenvalue weighted by Crippen LogP contribution is -2.25. The maximum atomic E-state index is 13.1. The Morgan fingerprint density at radius 3 is 1.90 bits per heavy atom. The van der Waals surface area contributed by atoms with Crippen LogP contribution in [0.25, 0.3) is 16.9 Å². The third kappa shape index (κ3) is 8.66. The van der Waals surface area contributed by atoms with Crippen LogP contribution in [0.3, 0.4) is 0 Å². The molecular weight excluding hydrogens is 631 g/mol. The zero-order valence-corrected chi connectivity index (χ0v) is 30.7. The van der Waals surface area contributed by atoms with Gasteiger partial charge in [-0.05, 0) is 52.7 Å². The van der Waals surface area contributed by atoms with Crippen molar-refractivity contribution in [2.75, 3.05) is 7.11 Å². The second-order valence-electron chi connectivity index (χ2n) is 13.6. The lowest BCUT2D eigenvalue weighted by molar-refractivity contribution is 0.0595. The lowest BCUT2D eigenvalue weighted by Gasteiger charge is -2.33. The summed E-state index contributed by atoms with van der Waals surface area (Å²) in [6.07, 6.45) is -0.0800.